The molecule has 19 heavy (non-hydrogen) atoms. The number of nitrogens with zero attached hydrogens (tertiary/aromatic N) is 4. The summed E-state index contributed by atoms with van der Waals surface area (Å²) < 4.78 is 4.10. The third-order valence-electron chi connectivity index (χ3n) is 4.14. The molecule has 1 aromatic rings. The lowest BCUT2D eigenvalue weighted by atomic mass is 10.1. The minimum absolute atomic E-state index is 0.785. The zero-order valence-electron chi connectivity index (χ0n) is 11.6. The van der Waals surface area contributed by atoms with Gasteiger partial charge >= 0.3 is 0 Å². The van der Waals surface area contributed by atoms with Crippen molar-refractivity contribution >= 4 is 16.5 Å². The maximum absolute atomic E-state index is 4.30. The highest BCUT2D eigenvalue weighted by molar-refractivity contribution is 7.10. The summed E-state index contributed by atoms with van der Waals surface area (Å²) in [6.45, 7) is 9.03. The molecule has 0 aliphatic carbocycles. The third kappa shape index (κ3) is 3.07. The normalized spacial score (nSPS) is 24.6. The molecule has 1 atom stereocenters. The Kier molecular flexibility index (Phi) is 4.30. The number of hydrogen-bond acceptors (Lipinski definition) is 6. The fraction of sp³-hybridized carbons (Fsp3) is 0.846. The molecule has 1 aromatic heterocycles. The first kappa shape index (κ1) is 13.3. The Morgan fingerprint density at radius 3 is 3.21 bits per heavy atom. The van der Waals surface area contributed by atoms with Gasteiger partial charge in [-0.2, -0.15) is 0 Å². The van der Waals surface area contributed by atoms with Gasteiger partial charge in [-0.1, -0.05) is 11.4 Å². The molecule has 0 spiro atoms. The molecular weight excluding hydrogens is 258 g/mol. The summed E-state index contributed by atoms with van der Waals surface area (Å²) in [5, 5.41) is 8.90. The van der Waals surface area contributed by atoms with E-state index in [1.807, 2.05) is 0 Å². The molecule has 2 fully saturated rings. The highest BCUT2D eigenvalue weighted by atomic mass is 32.1. The van der Waals surface area contributed by atoms with Gasteiger partial charge in [-0.3, -0.25) is 9.80 Å². The molecule has 3 heterocycles. The van der Waals surface area contributed by atoms with E-state index in [9.17, 15) is 0 Å². The van der Waals surface area contributed by atoms with E-state index in [0.29, 0.717) is 0 Å². The van der Waals surface area contributed by atoms with Crippen molar-refractivity contribution in [3.8, 4) is 0 Å². The first-order chi connectivity index (χ1) is 9.36. The van der Waals surface area contributed by atoms with Crippen molar-refractivity contribution < 1.29 is 0 Å². The van der Waals surface area contributed by atoms with Crippen LogP contribution in [0.4, 0.5) is 5.00 Å². The van der Waals surface area contributed by atoms with Crippen LogP contribution in [0.3, 0.4) is 0 Å². The molecule has 0 saturated carbocycles. The molecular formula is C13H23N5S. The van der Waals surface area contributed by atoms with Gasteiger partial charge in [0.1, 0.15) is 10.7 Å². The zero-order valence-corrected chi connectivity index (χ0v) is 12.5. The van der Waals surface area contributed by atoms with Crippen molar-refractivity contribution in [2.24, 2.45) is 0 Å². The number of anilines is 1. The fourth-order valence-corrected chi connectivity index (χ4v) is 3.69. The Bertz CT molecular complexity index is 407. The molecule has 1 unspecified atom stereocenters. The fourth-order valence-electron chi connectivity index (χ4n) is 3.10. The maximum atomic E-state index is 4.30. The van der Waals surface area contributed by atoms with Crippen LogP contribution in [0.2, 0.25) is 0 Å². The molecule has 0 aromatic carbocycles. The van der Waals surface area contributed by atoms with E-state index in [1.54, 1.807) is 0 Å². The number of aromatic nitrogens is 2. The van der Waals surface area contributed by atoms with Crippen molar-refractivity contribution in [3.63, 3.8) is 0 Å². The SMILES string of the molecule is CCCNc1snnc1CN1CCN2CCCC2C1. The van der Waals surface area contributed by atoms with E-state index in [4.69, 9.17) is 0 Å². The lowest BCUT2D eigenvalue weighted by molar-refractivity contribution is 0.0986. The van der Waals surface area contributed by atoms with Crippen LogP contribution in [0.25, 0.3) is 0 Å². The van der Waals surface area contributed by atoms with Crippen molar-refractivity contribution in [1.29, 1.82) is 0 Å². The number of hydrogen-bond donors (Lipinski definition) is 1. The lowest BCUT2D eigenvalue weighted by Crippen LogP contribution is -2.49. The first-order valence-corrected chi connectivity index (χ1v) is 8.15. The molecule has 6 heteroatoms. The molecule has 3 rings (SSSR count). The topological polar surface area (TPSA) is 44.3 Å². The monoisotopic (exact) mass is 281 g/mol. The van der Waals surface area contributed by atoms with Crippen LogP contribution in [0.15, 0.2) is 0 Å². The van der Waals surface area contributed by atoms with Crippen molar-refractivity contribution in [1.82, 2.24) is 19.4 Å². The van der Waals surface area contributed by atoms with Gasteiger partial charge in [-0.05, 0) is 25.8 Å². The van der Waals surface area contributed by atoms with Crippen LogP contribution in [0.5, 0.6) is 0 Å². The Morgan fingerprint density at radius 2 is 2.32 bits per heavy atom. The quantitative estimate of drug-likeness (QED) is 0.889. The molecule has 1 N–H and O–H groups in total. The average molecular weight is 281 g/mol. The standard InChI is InChI=1S/C13H23N5S/c1-2-5-14-13-12(15-16-19-13)10-17-7-8-18-6-3-4-11(18)9-17/h11,14H,2-10H2,1H3. The van der Waals surface area contributed by atoms with Gasteiger partial charge in [-0.25, -0.2) is 0 Å². The van der Waals surface area contributed by atoms with E-state index < -0.39 is 0 Å². The Hall–Kier alpha value is -0.720. The average Bonchev–Trinajstić information content (AvgIpc) is 3.05. The van der Waals surface area contributed by atoms with Gasteiger partial charge in [0.2, 0.25) is 0 Å². The third-order valence-corrected chi connectivity index (χ3v) is 4.86. The van der Waals surface area contributed by atoms with E-state index in [2.05, 4.69) is 31.6 Å². The van der Waals surface area contributed by atoms with Gasteiger partial charge in [0, 0.05) is 50.3 Å². The Labute approximate surface area is 119 Å². The molecule has 2 saturated heterocycles. The molecule has 5 nitrogen and oxygen atoms in total. The molecule has 2 aliphatic heterocycles. The summed E-state index contributed by atoms with van der Waals surface area (Å²) in [4.78, 5) is 5.19. The maximum Gasteiger partial charge on any atom is 0.134 e. The highest BCUT2D eigenvalue weighted by Crippen LogP contribution is 2.24. The summed E-state index contributed by atoms with van der Waals surface area (Å²) >= 11 is 1.49. The minimum atomic E-state index is 0.785. The second-order valence-corrected chi connectivity index (χ2v) is 6.30. The second kappa shape index (κ2) is 6.15. The van der Waals surface area contributed by atoms with Crippen LogP contribution in [-0.2, 0) is 6.54 Å². The van der Waals surface area contributed by atoms with Crippen LogP contribution in [-0.4, -0.2) is 58.2 Å². The van der Waals surface area contributed by atoms with Gasteiger partial charge in [0.25, 0.3) is 0 Å². The summed E-state index contributed by atoms with van der Waals surface area (Å²) in [5.74, 6) is 0. The van der Waals surface area contributed by atoms with E-state index in [0.717, 1.165) is 36.2 Å². The van der Waals surface area contributed by atoms with E-state index in [1.165, 1.54) is 50.6 Å². The summed E-state index contributed by atoms with van der Waals surface area (Å²) in [5.41, 5.74) is 1.13. The van der Waals surface area contributed by atoms with Crippen LogP contribution < -0.4 is 5.32 Å². The van der Waals surface area contributed by atoms with Crippen LogP contribution >= 0.6 is 11.5 Å². The van der Waals surface area contributed by atoms with Crippen LogP contribution in [0.1, 0.15) is 31.9 Å². The predicted molar refractivity (Wildman–Crippen MR) is 78.6 cm³/mol. The molecule has 0 bridgehead atoms. The highest BCUT2D eigenvalue weighted by Gasteiger charge is 2.30. The van der Waals surface area contributed by atoms with Gasteiger partial charge in [0.05, 0.1) is 0 Å². The van der Waals surface area contributed by atoms with Crippen molar-refractivity contribution in [3.05, 3.63) is 5.69 Å². The predicted octanol–water partition coefficient (Wildman–Crippen LogP) is 1.64. The molecule has 0 amide bonds. The first-order valence-electron chi connectivity index (χ1n) is 7.38. The summed E-state index contributed by atoms with van der Waals surface area (Å²) in [6.07, 6.45) is 3.88. The van der Waals surface area contributed by atoms with E-state index in [-0.39, 0.29) is 0 Å². The number of nitrogens with one attached hydrogen (secondary N) is 1. The zero-order chi connectivity index (χ0) is 13.1. The lowest BCUT2D eigenvalue weighted by Gasteiger charge is -2.37. The van der Waals surface area contributed by atoms with E-state index >= 15 is 0 Å². The van der Waals surface area contributed by atoms with Gasteiger partial charge in [-0.15, -0.1) is 5.10 Å². The van der Waals surface area contributed by atoms with Crippen molar-refractivity contribution in [2.75, 3.05) is 38.0 Å². The Balaban J connectivity index is 1.57. The molecule has 0 radical (unpaired) electrons. The minimum Gasteiger partial charge on any atom is -0.374 e. The summed E-state index contributed by atoms with van der Waals surface area (Å²) in [7, 11) is 0. The number of fused-ring (bicyclic) bond motifs is 1. The molecule has 2 aliphatic rings. The molecule has 106 valence electrons. The smallest absolute Gasteiger partial charge is 0.134 e. The van der Waals surface area contributed by atoms with Crippen molar-refractivity contribution in [2.45, 2.75) is 38.8 Å². The van der Waals surface area contributed by atoms with Gasteiger partial charge in [0.15, 0.2) is 0 Å². The second-order valence-electron chi connectivity index (χ2n) is 5.54. The number of piperazine rings is 1. The largest absolute Gasteiger partial charge is 0.374 e. The number of rotatable bonds is 5. The van der Waals surface area contributed by atoms with Crippen LogP contribution in [0, 0.1) is 0 Å². The summed E-state index contributed by atoms with van der Waals surface area (Å²) in [6, 6.07) is 0.785. The van der Waals surface area contributed by atoms with Gasteiger partial charge < -0.3 is 5.32 Å². The Morgan fingerprint density at radius 1 is 1.37 bits per heavy atom.